The van der Waals surface area contributed by atoms with Crippen LogP contribution in [0.15, 0.2) is 36.4 Å². The van der Waals surface area contributed by atoms with Crippen molar-refractivity contribution in [2.45, 2.75) is 6.04 Å². The molecule has 1 N–H and O–H groups in total. The molecule has 0 spiro atoms. The minimum Gasteiger partial charge on any atom is -0.497 e. The van der Waals surface area contributed by atoms with Gasteiger partial charge in [0.2, 0.25) is 0 Å². The highest BCUT2D eigenvalue weighted by atomic mass is 19.1. The molecule has 0 aliphatic rings. The molecule has 2 aromatic rings. The Morgan fingerprint density at radius 3 is 2.15 bits per heavy atom. The summed E-state index contributed by atoms with van der Waals surface area (Å²) >= 11 is 0. The molecule has 2 rings (SSSR count). The Kier molecular flexibility index (Phi) is 4.29. The average Bonchev–Trinajstić information content (AvgIpc) is 2.40. The lowest BCUT2D eigenvalue weighted by Crippen LogP contribution is -2.19. The molecule has 0 saturated carbocycles. The molecule has 0 aromatic heterocycles. The van der Waals surface area contributed by atoms with Gasteiger partial charge in [-0.05, 0) is 30.8 Å². The van der Waals surface area contributed by atoms with E-state index in [1.165, 1.54) is 31.4 Å². The fourth-order valence-corrected chi connectivity index (χ4v) is 2.11. The molecular weight excluding hydrogens is 267 g/mol. The van der Waals surface area contributed by atoms with Crippen molar-refractivity contribution in [1.29, 1.82) is 0 Å². The predicted octanol–water partition coefficient (Wildman–Crippen LogP) is 3.42. The van der Waals surface area contributed by atoms with Crippen molar-refractivity contribution < 1.29 is 17.9 Å². The van der Waals surface area contributed by atoms with Gasteiger partial charge in [-0.15, -0.1) is 0 Å². The van der Waals surface area contributed by atoms with Crippen molar-refractivity contribution in [3.8, 4) is 5.75 Å². The largest absolute Gasteiger partial charge is 0.497 e. The van der Waals surface area contributed by atoms with Crippen molar-refractivity contribution in [1.82, 2.24) is 5.32 Å². The number of methoxy groups -OCH3 is 1. The Morgan fingerprint density at radius 2 is 1.65 bits per heavy atom. The number of hydrogen-bond acceptors (Lipinski definition) is 2. The van der Waals surface area contributed by atoms with Crippen molar-refractivity contribution in [2.75, 3.05) is 14.2 Å². The molecule has 0 radical (unpaired) electrons. The first-order chi connectivity index (χ1) is 9.55. The van der Waals surface area contributed by atoms with Crippen molar-refractivity contribution >= 4 is 0 Å². The van der Waals surface area contributed by atoms with Gasteiger partial charge in [0.05, 0.1) is 13.2 Å². The molecule has 1 atom stereocenters. The standard InChI is InChI=1S/C15H14F3NO/c1-19-15(9-5-10(16)7-11(17)6-9)13-4-3-12(20-2)8-14(13)18/h3-8,15,19H,1-2H3. The fraction of sp³-hybridized carbons (Fsp3) is 0.200. The quantitative estimate of drug-likeness (QED) is 0.927. The Morgan fingerprint density at radius 1 is 1.00 bits per heavy atom. The summed E-state index contributed by atoms with van der Waals surface area (Å²) in [5.41, 5.74) is 0.604. The molecule has 0 saturated heterocycles. The lowest BCUT2D eigenvalue weighted by atomic mass is 9.98. The molecule has 0 heterocycles. The van der Waals surface area contributed by atoms with E-state index in [0.717, 1.165) is 6.07 Å². The molecule has 0 amide bonds. The second-order valence-corrected chi connectivity index (χ2v) is 4.31. The van der Waals surface area contributed by atoms with Crippen LogP contribution in [0.2, 0.25) is 0 Å². The van der Waals surface area contributed by atoms with E-state index in [4.69, 9.17) is 4.74 Å². The molecule has 0 fully saturated rings. The van der Waals surface area contributed by atoms with Crippen LogP contribution in [0.1, 0.15) is 17.2 Å². The summed E-state index contributed by atoms with van der Waals surface area (Å²) in [7, 11) is 3.03. The van der Waals surface area contributed by atoms with Crippen LogP contribution in [0.25, 0.3) is 0 Å². The van der Waals surface area contributed by atoms with Gasteiger partial charge in [0.1, 0.15) is 23.2 Å². The van der Waals surface area contributed by atoms with Gasteiger partial charge >= 0.3 is 0 Å². The molecule has 2 nitrogen and oxygen atoms in total. The van der Waals surface area contributed by atoms with Crippen LogP contribution in [-0.2, 0) is 0 Å². The van der Waals surface area contributed by atoms with Gasteiger partial charge in [0, 0.05) is 17.7 Å². The van der Waals surface area contributed by atoms with Gasteiger partial charge in [-0.2, -0.15) is 0 Å². The number of rotatable bonds is 4. The lowest BCUT2D eigenvalue weighted by molar-refractivity contribution is 0.410. The van der Waals surface area contributed by atoms with E-state index in [9.17, 15) is 13.2 Å². The van der Waals surface area contributed by atoms with Crippen LogP contribution in [0, 0.1) is 17.5 Å². The number of nitrogens with one attached hydrogen (secondary N) is 1. The summed E-state index contributed by atoms with van der Waals surface area (Å²) in [5.74, 6) is -1.52. The molecule has 5 heteroatoms. The topological polar surface area (TPSA) is 21.3 Å². The maximum absolute atomic E-state index is 14.1. The normalized spacial score (nSPS) is 12.2. The minimum absolute atomic E-state index is 0.290. The third-order valence-corrected chi connectivity index (χ3v) is 3.03. The molecule has 1 unspecified atom stereocenters. The summed E-state index contributed by atoms with van der Waals surface area (Å²) in [5, 5.41) is 2.85. The van der Waals surface area contributed by atoms with Crippen LogP contribution in [-0.4, -0.2) is 14.2 Å². The monoisotopic (exact) mass is 281 g/mol. The zero-order valence-corrected chi connectivity index (χ0v) is 11.1. The molecule has 2 aromatic carbocycles. The highest BCUT2D eigenvalue weighted by molar-refractivity contribution is 5.37. The maximum Gasteiger partial charge on any atom is 0.132 e. The van der Waals surface area contributed by atoms with E-state index >= 15 is 0 Å². The SMILES string of the molecule is CNC(c1cc(F)cc(F)c1)c1ccc(OC)cc1F. The predicted molar refractivity (Wildman–Crippen MR) is 70.2 cm³/mol. The summed E-state index contributed by atoms with van der Waals surface area (Å²) < 4.78 is 45.5. The van der Waals surface area contributed by atoms with Gasteiger partial charge in [-0.3, -0.25) is 0 Å². The van der Waals surface area contributed by atoms with Crippen LogP contribution in [0.4, 0.5) is 13.2 Å². The second-order valence-electron chi connectivity index (χ2n) is 4.31. The highest BCUT2D eigenvalue weighted by Gasteiger charge is 2.18. The third-order valence-electron chi connectivity index (χ3n) is 3.03. The van der Waals surface area contributed by atoms with E-state index in [2.05, 4.69) is 5.32 Å². The molecule has 106 valence electrons. The van der Waals surface area contributed by atoms with Crippen LogP contribution in [0.5, 0.6) is 5.75 Å². The second kappa shape index (κ2) is 5.96. The summed E-state index contributed by atoms with van der Waals surface area (Å²) in [6, 6.07) is 6.83. The van der Waals surface area contributed by atoms with Crippen molar-refractivity contribution in [2.24, 2.45) is 0 Å². The molecule has 0 aliphatic heterocycles. The van der Waals surface area contributed by atoms with E-state index < -0.39 is 23.5 Å². The number of ether oxygens (including phenoxy) is 1. The minimum atomic E-state index is -0.700. The Labute approximate surface area is 115 Å². The fourth-order valence-electron chi connectivity index (χ4n) is 2.11. The number of hydrogen-bond donors (Lipinski definition) is 1. The Balaban J connectivity index is 2.46. The third kappa shape index (κ3) is 2.93. The van der Waals surface area contributed by atoms with Crippen molar-refractivity contribution in [3.63, 3.8) is 0 Å². The molecule has 0 aliphatic carbocycles. The van der Waals surface area contributed by atoms with E-state index in [1.807, 2.05) is 0 Å². The summed E-state index contributed by atoms with van der Waals surface area (Å²) in [6.45, 7) is 0. The average molecular weight is 281 g/mol. The van der Waals surface area contributed by atoms with Crippen molar-refractivity contribution in [3.05, 3.63) is 65.0 Å². The van der Waals surface area contributed by atoms with Gasteiger partial charge < -0.3 is 10.1 Å². The lowest BCUT2D eigenvalue weighted by Gasteiger charge is -2.18. The summed E-state index contributed by atoms with van der Waals surface area (Å²) in [6.07, 6.45) is 0. The highest BCUT2D eigenvalue weighted by Crippen LogP contribution is 2.27. The number of benzene rings is 2. The van der Waals surface area contributed by atoms with Crippen LogP contribution in [0.3, 0.4) is 0 Å². The molecular formula is C15H14F3NO. The summed E-state index contributed by atoms with van der Waals surface area (Å²) in [4.78, 5) is 0. The smallest absolute Gasteiger partial charge is 0.132 e. The number of halogens is 3. The molecule has 0 bridgehead atoms. The zero-order chi connectivity index (χ0) is 14.7. The van der Waals surface area contributed by atoms with Gasteiger partial charge in [-0.1, -0.05) is 6.07 Å². The van der Waals surface area contributed by atoms with Gasteiger partial charge in [0.25, 0.3) is 0 Å². The zero-order valence-electron chi connectivity index (χ0n) is 11.1. The van der Waals surface area contributed by atoms with E-state index in [-0.39, 0.29) is 0 Å². The van der Waals surface area contributed by atoms with Gasteiger partial charge in [-0.25, -0.2) is 13.2 Å². The van der Waals surface area contributed by atoms with E-state index in [0.29, 0.717) is 16.9 Å². The maximum atomic E-state index is 14.1. The first-order valence-corrected chi connectivity index (χ1v) is 6.02. The Hall–Kier alpha value is -2.01. The first kappa shape index (κ1) is 14.4. The Bertz CT molecular complexity index is 596. The molecule has 20 heavy (non-hydrogen) atoms. The van der Waals surface area contributed by atoms with Crippen LogP contribution < -0.4 is 10.1 Å². The van der Waals surface area contributed by atoms with Gasteiger partial charge in [0.15, 0.2) is 0 Å². The van der Waals surface area contributed by atoms with E-state index in [1.54, 1.807) is 13.1 Å². The first-order valence-electron chi connectivity index (χ1n) is 6.02. The van der Waals surface area contributed by atoms with Crippen LogP contribution >= 0.6 is 0 Å².